The van der Waals surface area contributed by atoms with Gasteiger partial charge in [0.25, 0.3) is 5.91 Å². The zero-order valence-electron chi connectivity index (χ0n) is 12.2. The number of thioether (sulfide) groups is 1. The minimum absolute atomic E-state index is 0.0237. The average Bonchev–Trinajstić information content (AvgIpc) is 2.59. The number of pyridine rings is 1. The number of hydrogen-bond acceptors (Lipinski definition) is 5. The number of carbonyl (C=O) groups excluding carboxylic acids is 1. The molecule has 0 bridgehead atoms. The lowest BCUT2D eigenvalue weighted by Crippen LogP contribution is -2.21. The molecule has 0 aliphatic heterocycles. The highest BCUT2D eigenvalue weighted by atomic mass is 32.2. The standard InChI is InChI=1S/C16H15N3O3S/c20-15(21)11-23-10-14(12-4-2-1-3-5-12)18-19-16(22)13-6-8-17-9-7-13/h1-9H,10-11H2,(H,19,22)(H,20,21). The van der Waals surface area contributed by atoms with Gasteiger partial charge in [-0.05, 0) is 17.7 Å². The molecule has 2 rings (SSSR count). The predicted octanol–water partition coefficient (Wildman–Crippen LogP) is 2.03. The highest BCUT2D eigenvalue weighted by Gasteiger charge is 2.08. The zero-order chi connectivity index (χ0) is 16.5. The Morgan fingerprint density at radius 2 is 1.74 bits per heavy atom. The summed E-state index contributed by atoms with van der Waals surface area (Å²) in [4.78, 5) is 26.5. The van der Waals surface area contributed by atoms with Crippen LogP contribution in [-0.2, 0) is 4.79 Å². The summed E-state index contributed by atoms with van der Waals surface area (Å²) in [6.45, 7) is 0. The van der Waals surface area contributed by atoms with E-state index < -0.39 is 5.97 Å². The van der Waals surface area contributed by atoms with Gasteiger partial charge >= 0.3 is 5.97 Å². The number of carbonyl (C=O) groups is 2. The van der Waals surface area contributed by atoms with Crippen LogP contribution in [-0.4, -0.2) is 39.2 Å². The van der Waals surface area contributed by atoms with Crippen LogP contribution in [0, 0.1) is 0 Å². The number of aromatic nitrogens is 1. The van der Waals surface area contributed by atoms with E-state index in [0.717, 1.165) is 5.56 Å². The monoisotopic (exact) mass is 329 g/mol. The second-order valence-corrected chi connectivity index (χ2v) is 5.47. The fourth-order valence-electron chi connectivity index (χ4n) is 1.73. The van der Waals surface area contributed by atoms with Crippen LogP contribution in [0.5, 0.6) is 0 Å². The van der Waals surface area contributed by atoms with Crippen LogP contribution in [0.4, 0.5) is 0 Å². The van der Waals surface area contributed by atoms with Crippen molar-refractivity contribution in [2.24, 2.45) is 5.10 Å². The molecule has 0 aliphatic rings. The van der Waals surface area contributed by atoms with Crippen LogP contribution in [0.3, 0.4) is 0 Å². The fourth-order valence-corrected chi connectivity index (χ4v) is 2.43. The molecular formula is C16H15N3O3S. The molecule has 0 radical (unpaired) electrons. The van der Waals surface area contributed by atoms with Crippen molar-refractivity contribution in [3.8, 4) is 0 Å². The second kappa shape index (κ2) is 8.70. The Bertz CT molecular complexity index is 690. The number of carboxylic acids is 1. The summed E-state index contributed by atoms with van der Waals surface area (Å²) in [5.74, 6) is -0.871. The van der Waals surface area contributed by atoms with Crippen molar-refractivity contribution >= 4 is 29.4 Å². The lowest BCUT2D eigenvalue weighted by molar-refractivity contribution is -0.133. The molecule has 6 nitrogen and oxygen atoms in total. The minimum atomic E-state index is -0.886. The summed E-state index contributed by atoms with van der Waals surface area (Å²) in [5, 5.41) is 12.9. The third-order valence-corrected chi connectivity index (χ3v) is 3.73. The largest absolute Gasteiger partial charge is 0.481 e. The Kier molecular flexibility index (Phi) is 6.31. The molecule has 23 heavy (non-hydrogen) atoms. The fraction of sp³-hybridized carbons (Fsp3) is 0.125. The number of benzene rings is 1. The van der Waals surface area contributed by atoms with Crippen LogP contribution < -0.4 is 5.43 Å². The maximum atomic E-state index is 12.0. The maximum absolute atomic E-state index is 12.0. The van der Waals surface area contributed by atoms with Gasteiger partial charge in [0.1, 0.15) is 0 Å². The van der Waals surface area contributed by atoms with Crippen molar-refractivity contribution in [3.05, 3.63) is 66.0 Å². The number of aliphatic carboxylic acids is 1. The minimum Gasteiger partial charge on any atom is -0.481 e. The molecule has 0 aliphatic carbocycles. The average molecular weight is 329 g/mol. The van der Waals surface area contributed by atoms with Gasteiger partial charge in [-0.3, -0.25) is 14.6 Å². The van der Waals surface area contributed by atoms with Crippen molar-refractivity contribution in [1.82, 2.24) is 10.4 Å². The van der Waals surface area contributed by atoms with Gasteiger partial charge in [-0.1, -0.05) is 30.3 Å². The van der Waals surface area contributed by atoms with Crippen LogP contribution in [0.1, 0.15) is 15.9 Å². The molecule has 0 saturated heterocycles. The number of rotatable bonds is 7. The Morgan fingerprint density at radius 1 is 1.04 bits per heavy atom. The number of amides is 1. The van der Waals surface area contributed by atoms with Crippen molar-refractivity contribution in [2.45, 2.75) is 0 Å². The van der Waals surface area contributed by atoms with Gasteiger partial charge in [-0.15, -0.1) is 11.8 Å². The lowest BCUT2D eigenvalue weighted by atomic mass is 10.1. The van der Waals surface area contributed by atoms with Crippen molar-refractivity contribution in [3.63, 3.8) is 0 Å². The summed E-state index contributed by atoms with van der Waals surface area (Å²) >= 11 is 1.22. The van der Waals surface area contributed by atoms with Gasteiger partial charge < -0.3 is 5.11 Å². The molecule has 118 valence electrons. The molecule has 1 aromatic carbocycles. The molecule has 2 aromatic rings. The van der Waals surface area contributed by atoms with Gasteiger partial charge in [-0.2, -0.15) is 5.10 Å². The number of hydrazone groups is 1. The number of nitrogens with one attached hydrogen (secondary N) is 1. The first-order valence-electron chi connectivity index (χ1n) is 6.78. The van der Waals surface area contributed by atoms with E-state index in [9.17, 15) is 9.59 Å². The van der Waals surface area contributed by atoms with E-state index in [1.165, 1.54) is 24.2 Å². The number of hydrogen-bond donors (Lipinski definition) is 2. The Balaban J connectivity index is 2.09. The SMILES string of the molecule is O=C(O)CSCC(=NNC(=O)c1ccncc1)c1ccccc1. The van der Waals surface area contributed by atoms with Crippen LogP contribution in [0.2, 0.25) is 0 Å². The van der Waals surface area contributed by atoms with Crippen LogP contribution >= 0.6 is 11.8 Å². The third-order valence-electron chi connectivity index (χ3n) is 2.81. The van der Waals surface area contributed by atoms with Gasteiger partial charge in [-0.25, -0.2) is 5.43 Å². The Morgan fingerprint density at radius 3 is 2.39 bits per heavy atom. The van der Waals surface area contributed by atoms with E-state index in [1.807, 2.05) is 30.3 Å². The molecule has 1 aromatic heterocycles. The quantitative estimate of drug-likeness (QED) is 0.599. The normalized spacial score (nSPS) is 11.0. The summed E-state index contributed by atoms with van der Waals surface area (Å²) in [6.07, 6.45) is 3.05. The molecule has 1 heterocycles. The first kappa shape index (κ1) is 16.7. The van der Waals surface area contributed by atoms with Crippen molar-refractivity contribution in [1.29, 1.82) is 0 Å². The molecule has 1 amide bonds. The molecule has 0 spiro atoms. The number of carboxylic acid groups (broad SMARTS) is 1. The van der Waals surface area contributed by atoms with E-state index >= 15 is 0 Å². The Hall–Kier alpha value is -2.67. The van der Waals surface area contributed by atoms with Gasteiger partial charge in [0, 0.05) is 23.7 Å². The molecule has 0 unspecified atom stereocenters. The zero-order valence-corrected chi connectivity index (χ0v) is 13.0. The summed E-state index contributed by atoms with van der Waals surface area (Å²) in [7, 11) is 0. The highest BCUT2D eigenvalue weighted by molar-refractivity contribution is 8.00. The van der Waals surface area contributed by atoms with Gasteiger partial charge in [0.05, 0.1) is 11.5 Å². The first-order valence-corrected chi connectivity index (χ1v) is 7.94. The van der Waals surface area contributed by atoms with E-state index in [2.05, 4.69) is 15.5 Å². The summed E-state index contributed by atoms with van der Waals surface area (Å²) in [5.41, 5.74) is 4.39. The van der Waals surface area contributed by atoms with E-state index in [1.54, 1.807) is 12.1 Å². The highest BCUT2D eigenvalue weighted by Crippen LogP contribution is 2.08. The lowest BCUT2D eigenvalue weighted by Gasteiger charge is -2.07. The summed E-state index contributed by atoms with van der Waals surface area (Å²) in [6, 6.07) is 12.5. The molecule has 7 heteroatoms. The van der Waals surface area contributed by atoms with E-state index in [4.69, 9.17) is 5.11 Å². The Labute approximate surface area is 137 Å². The number of nitrogens with zero attached hydrogens (tertiary/aromatic N) is 2. The molecular weight excluding hydrogens is 314 g/mol. The molecule has 2 N–H and O–H groups in total. The van der Waals surface area contributed by atoms with E-state index in [-0.39, 0.29) is 11.7 Å². The third kappa shape index (κ3) is 5.55. The molecule has 0 saturated carbocycles. The van der Waals surface area contributed by atoms with Crippen LogP contribution in [0.15, 0.2) is 60.0 Å². The molecule has 0 atom stereocenters. The second-order valence-electron chi connectivity index (χ2n) is 4.49. The first-order chi connectivity index (χ1) is 11.2. The maximum Gasteiger partial charge on any atom is 0.313 e. The predicted molar refractivity (Wildman–Crippen MR) is 89.6 cm³/mol. The topological polar surface area (TPSA) is 91.6 Å². The van der Waals surface area contributed by atoms with Crippen LogP contribution in [0.25, 0.3) is 0 Å². The summed E-state index contributed by atoms with van der Waals surface area (Å²) < 4.78 is 0. The van der Waals surface area contributed by atoms with Gasteiger partial charge in [0.2, 0.25) is 0 Å². The smallest absolute Gasteiger partial charge is 0.313 e. The van der Waals surface area contributed by atoms with E-state index in [0.29, 0.717) is 17.0 Å². The van der Waals surface area contributed by atoms with Crippen molar-refractivity contribution in [2.75, 3.05) is 11.5 Å². The molecule has 0 fully saturated rings. The van der Waals surface area contributed by atoms with Crippen molar-refractivity contribution < 1.29 is 14.7 Å². The van der Waals surface area contributed by atoms with Gasteiger partial charge in [0.15, 0.2) is 0 Å².